The predicted octanol–water partition coefficient (Wildman–Crippen LogP) is 8.25. The van der Waals surface area contributed by atoms with E-state index in [-0.39, 0.29) is 17.6 Å². The Bertz CT molecular complexity index is 1430. The van der Waals surface area contributed by atoms with Crippen LogP contribution in [0.4, 0.5) is 0 Å². The Morgan fingerprint density at radius 1 is 0.735 bits per heavy atom. The molecule has 1 spiro atoms. The average Bonchev–Trinajstić information content (AvgIpc) is 3.50. The number of hydrogen-bond acceptors (Lipinski definition) is 4. The number of hydrogen-bond donors (Lipinski definition) is 3. The molecule has 15 unspecified atom stereocenters. The molecule has 9 rings (SSSR count). The molecule has 49 heavy (non-hydrogen) atoms. The van der Waals surface area contributed by atoms with Crippen LogP contribution in [0.5, 0.6) is 0 Å². The van der Waals surface area contributed by atoms with Crippen LogP contribution >= 0.6 is 0 Å². The second-order valence-corrected chi connectivity index (χ2v) is 18.8. The second-order valence-electron chi connectivity index (χ2n) is 18.8. The molecule has 7 aliphatic rings. The maximum absolute atomic E-state index is 12.5. The Kier molecular flexibility index (Phi) is 8.82. The minimum atomic E-state index is -0.611. The van der Waals surface area contributed by atoms with Crippen molar-refractivity contribution in [3.05, 3.63) is 71.8 Å². The fraction of sp³-hybridized carbons (Fsp3) is 0.733. The Hall–Kier alpha value is -1.72. The molecule has 2 heterocycles. The quantitative estimate of drug-likeness (QED) is 0.279. The maximum atomic E-state index is 12.5. The predicted molar refractivity (Wildman–Crippen MR) is 196 cm³/mol. The molecule has 4 heteroatoms. The first-order valence-electron chi connectivity index (χ1n) is 20.7. The molecule has 2 aliphatic heterocycles. The van der Waals surface area contributed by atoms with Crippen LogP contribution in [0.3, 0.4) is 0 Å². The van der Waals surface area contributed by atoms with E-state index in [1.165, 1.54) is 81.9 Å². The minimum Gasteiger partial charge on any atom is -0.393 e. The van der Waals surface area contributed by atoms with E-state index in [4.69, 9.17) is 0 Å². The third-order valence-electron chi connectivity index (χ3n) is 16.8. The molecular weight excluding hydrogens is 602 g/mol. The highest BCUT2D eigenvalue weighted by Gasteiger charge is 2.66. The van der Waals surface area contributed by atoms with Gasteiger partial charge in [0.05, 0.1) is 17.8 Å². The van der Waals surface area contributed by atoms with Crippen molar-refractivity contribution >= 4 is 0 Å². The number of piperidine rings is 2. The molecule has 5 saturated carbocycles. The summed E-state index contributed by atoms with van der Waals surface area (Å²) in [5.74, 6) is 5.81. The number of aliphatic hydroxyl groups is 3. The molecule has 2 saturated heterocycles. The summed E-state index contributed by atoms with van der Waals surface area (Å²) in [5, 5.41) is 35.1. The summed E-state index contributed by atoms with van der Waals surface area (Å²) in [5.41, 5.74) is 2.58. The summed E-state index contributed by atoms with van der Waals surface area (Å²) < 4.78 is 0. The van der Waals surface area contributed by atoms with Crippen molar-refractivity contribution in [3.8, 4) is 0 Å². The van der Waals surface area contributed by atoms with Crippen LogP contribution < -0.4 is 0 Å². The van der Waals surface area contributed by atoms with Crippen LogP contribution in [0.25, 0.3) is 0 Å². The zero-order chi connectivity index (χ0) is 33.3. The second kappa shape index (κ2) is 13.0. The Morgan fingerprint density at radius 3 is 2.35 bits per heavy atom. The third-order valence-corrected chi connectivity index (χ3v) is 16.8. The van der Waals surface area contributed by atoms with E-state index in [9.17, 15) is 15.3 Å². The van der Waals surface area contributed by atoms with Crippen LogP contribution in [0.2, 0.25) is 0 Å². The van der Waals surface area contributed by atoms with Gasteiger partial charge in [-0.1, -0.05) is 67.1 Å². The average molecular weight is 666 g/mol. The zero-order valence-electron chi connectivity index (χ0n) is 30.1. The molecule has 2 aromatic carbocycles. The lowest BCUT2D eigenvalue weighted by molar-refractivity contribution is -0.180. The minimum absolute atomic E-state index is 0.207. The highest BCUT2D eigenvalue weighted by molar-refractivity contribution is 5.22. The van der Waals surface area contributed by atoms with Crippen molar-refractivity contribution in [3.63, 3.8) is 0 Å². The summed E-state index contributed by atoms with van der Waals surface area (Å²) in [6.07, 6.45) is 17.2. The van der Waals surface area contributed by atoms with Gasteiger partial charge < -0.3 is 15.3 Å². The van der Waals surface area contributed by atoms with Crippen molar-refractivity contribution < 1.29 is 15.3 Å². The van der Waals surface area contributed by atoms with E-state index in [0.717, 1.165) is 38.6 Å². The van der Waals surface area contributed by atoms with Gasteiger partial charge in [-0.25, -0.2) is 0 Å². The van der Waals surface area contributed by atoms with E-state index in [0.29, 0.717) is 65.2 Å². The normalized spacial score (nSPS) is 46.4. The van der Waals surface area contributed by atoms with Gasteiger partial charge in [-0.2, -0.15) is 0 Å². The molecule has 0 aromatic heterocycles. The summed E-state index contributed by atoms with van der Waals surface area (Å²) in [6, 6.07) is 22.6. The van der Waals surface area contributed by atoms with Crippen LogP contribution in [0.15, 0.2) is 60.7 Å². The van der Waals surface area contributed by atoms with E-state index in [2.05, 4.69) is 72.5 Å². The molecule has 266 valence electrons. The van der Waals surface area contributed by atoms with Gasteiger partial charge in [-0.05, 0) is 173 Å². The standard InChI is InChI=1S/C45H63NO3/c1-44(49)38-20-19-34-35(23-39-36(34)24-42(48)40-25-41(47)33-13-8-22-45(39,40)26-33)37(38)28-46-27-30(16-21-43(44)46)15-18-32(31-11-6-3-7-12-31)17-14-29-9-4-2-5-10-29/h2-7,9-12,30,32-43,47-49H,8,13-28H2,1H3. The van der Waals surface area contributed by atoms with Gasteiger partial charge in [-0.15, -0.1) is 0 Å². The monoisotopic (exact) mass is 665 g/mol. The molecule has 4 nitrogen and oxygen atoms in total. The summed E-state index contributed by atoms with van der Waals surface area (Å²) in [7, 11) is 0. The van der Waals surface area contributed by atoms with Gasteiger partial charge in [0.1, 0.15) is 0 Å². The van der Waals surface area contributed by atoms with Crippen molar-refractivity contribution in [1.82, 2.24) is 4.90 Å². The van der Waals surface area contributed by atoms with Crippen LogP contribution in [0.1, 0.15) is 114 Å². The van der Waals surface area contributed by atoms with Gasteiger partial charge in [0.15, 0.2) is 0 Å². The Morgan fingerprint density at radius 2 is 1.53 bits per heavy atom. The van der Waals surface area contributed by atoms with Crippen molar-refractivity contribution in [2.45, 2.75) is 133 Å². The summed E-state index contributed by atoms with van der Waals surface area (Å²) in [6.45, 7) is 4.56. The van der Waals surface area contributed by atoms with Crippen LogP contribution in [0, 0.1) is 58.7 Å². The topological polar surface area (TPSA) is 63.9 Å². The first-order valence-corrected chi connectivity index (χ1v) is 20.7. The van der Waals surface area contributed by atoms with E-state index in [1.807, 2.05) is 0 Å². The summed E-state index contributed by atoms with van der Waals surface area (Å²) in [4.78, 5) is 2.80. The number of rotatable bonds is 7. The lowest BCUT2D eigenvalue weighted by atomic mass is 9.45. The third kappa shape index (κ3) is 5.69. The van der Waals surface area contributed by atoms with Crippen LogP contribution in [-0.4, -0.2) is 57.2 Å². The molecular formula is C45H63NO3. The number of aryl methyl sites for hydroxylation is 1. The highest BCUT2D eigenvalue weighted by Crippen LogP contribution is 2.70. The van der Waals surface area contributed by atoms with Gasteiger partial charge in [0.2, 0.25) is 0 Å². The fourth-order valence-corrected chi connectivity index (χ4v) is 14.8. The lowest BCUT2D eigenvalue weighted by Gasteiger charge is -2.61. The molecule has 2 bridgehead atoms. The van der Waals surface area contributed by atoms with Gasteiger partial charge in [-0.3, -0.25) is 4.90 Å². The first kappa shape index (κ1) is 33.1. The van der Waals surface area contributed by atoms with Gasteiger partial charge in [0, 0.05) is 19.1 Å². The smallest absolute Gasteiger partial charge is 0.0805 e. The molecule has 7 fully saturated rings. The zero-order valence-corrected chi connectivity index (χ0v) is 30.1. The van der Waals surface area contributed by atoms with E-state index < -0.39 is 5.60 Å². The number of aliphatic hydroxyl groups excluding tert-OH is 2. The Balaban J connectivity index is 0.906. The lowest BCUT2D eigenvalue weighted by Crippen LogP contribution is -2.67. The molecule has 15 atom stereocenters. The molecule has 5 aliphatic carbocycles. The van der Waals surface area contributed by atoms with Crippen LogP contribution in [-0.2, 0) is 6.42 Å². The maximum Gasteiger partial charge on any atom is 0.0805 e. The van der Waals surface area contributed by atoms with Crippen molar-refractivity contribution in [2.24, 2.45) is 58.7 Å². The number of nitrogens with zero attached hydrogens (tertiary/aromatic N) is 1. The molecule has 0 amide bonds. The van der Waals surface area contributed by atoms with E-state index in [1.54, 1.807) is 0 Å². The van der Waals surface area contributed by atoms with Gasteiger partial charge in [0.25, 0.3) is 0 Å². The summed E-state index contributed by atoms with van der Waals surface area (Å²) >= 11 is 0. The Labute approximate surface area is 296 Å². The largest absolute Gasteiger partial charge is 0.393 e. The number of benzene rings is 2. The SMILES string of the molecule is CC1(O)C2CCC3C(CC4C3CC(O)C3CC(O)C5CCCC34C5)C2CN2CC(CCC(CCc3ccccc3)c3ccccc3)CCC21. The molecule has 0 radical (unpaired) electrons. The van der Waals surface area contributed by atoms with Gasteiger partial charge >= 0.3 is 0 Å². The van der Waals surface area contributed by atoms with E-state index >= 15 is 0 Å². The van der Waals surface area contributed by atoms with Crippen molar-refractivity contribution in [1.29, 1.82) is 0 Å². The number of fused-ring (bicyclic) bond motifs is 7. The molecule has 2 aromatic rings. The first-order chi connectivity index (χ1) is 23.8. The van der Waals surface area contributed by atoms with Crippen molar-refractivity contribution in [2.75, 3.05) is 13.1 Å². The molecule has 3 N–H and O–H groups in total. The highest BCUT2D eigenvalue weighted by atomic mass is 16.3. The fourth-order valence-electron chi connectivity index (χ4n) is 14.8.